The fourth-order valence-electron chi connectivity index (χ4n) is 2.20. The van der Waals surface area contributed by atoms with Gasteiger partial charge in [0.15, 0.2) is 0 Å². The molecule has 3 rings (SSSR count). The molecule has 0 atom stereocenters. The first-order valence-electron chi connectivity index (χ1n) is 5.73. The maximum atomic E-state index is 5.90. The molecule has 18 heavy (non-hydrogen) atoms. The largest absolute Gasteiger partial charge is 0.277 e. The zero-order valence-electron chi connectivity index (χ0n) is 10.2. The number of rotatable bonds is 1. The second kappa shape index (κ2) is 4.10. The van der Waals surface area contributed by atoms with Crippen molar-refractivity contribution in [3.63, 3.8) is 0 Å². The molecule has 2 aromatic heterocycles. The van der Waals surface area contributed by atoms with Crippen LogP contribution in [0.4, 0.5) is 0 Å². The Kier molecular flexibility index (Phi) is 2.56. The van der Waals surface area contributed by atoms with Gasteiger partial charge in [0.05, 0.1) is 5.52 Å². The molecule has 0 spiro atoms. The zero-order valence-corrected chi connectivity index (χ0v) is 10.9. The van der Waals surface area contributed by atoms with Crippen LogP contribution in [0.5, 0.6) is 0 Å². The summed E-state index contributed by atoms with van der Waals surface area (Å²) < 4.78 is 0. The van der Waals surface area contributed by atoms with Gasteiger partial charge in [-0.05, 0) is 32.0 Å². The molecule has 0 fully saturated rings. The summed E-state index contributed by atoms with van der Waals surface area (Å²) in [7, 11) is 0. The topological polar surface area (TPSA) is 41.6 Å². The number of nitrogens with zero attached hydrogens (tertiary/aromatic N) is 2. The zero-order chi connectivity index (χ0) is 12.7. The Morgan fingerprint density at radius 3 is 2.56 bits per heavy atom. The lowest BCUT2D eigenvalue weighted by atomic mass is 10.1. The van der Waals surface area contributed by atoms with Crippen molar-refractivity contribution in [1.29, 1.82) is 0 Å². The molecule has 2 heterocycles. The number of aryl methyl sites for hydroxylation is 2. The van der Waals surface area contributed by atoms with Crippen molar-refractivity contribution in [1.82, 2.24) is 15.2 Å². The molecule has 1 N–H and O–H groups in total. The highest BCUT2D eigenvalue weighted by Gasteiger charge is 2.11. The first-order chi connectivity index (χ1) is 8.65. The van der Waals surface area contributed by atoms with E-state index in [1.807, 2.05) is 44.2 Å². The minimum Gasteiger partial charge on any atom is -0.277 e. The molecule has 0 aliphatic heterocycles. The molecule has 0 aliphatic rings. The van der Waals surface area contributed by atoms with Gasteiger partial charge in [-0.3, -0.25) is 10.1 Å². The van der Waals surface area contributed by atoms with E-state index in [1.54, 1.807) is 0 Å². The Labute approximate surface area is 110 Å². The summed E-state index contributed by atoms with van der Waals surface area (Å²) in [6, 6.07) is 9.69. The predicted octanol–water partition coefficient (Wildman–Crippen LogP) is 3.90. The fourth-order valence-corrected chi connectivity index (χ4v) is 2.33. The van der Waals surface area contributed by atoms with Gasteiger partial charge in [0, 0.05) is 27.4 Å². The highest BCUT2D eigenvalue weighted by molar-refractivity contribution is 6.30. The SMILES string of the molecule is Cc1cc2[nH]nc(-c3ccc(Cl)cc3)c2c(C)n1. The lowest BCUT2D eigenvalue weighted by Crippen LogP contribution is -1.87. The summed E-state index contributed by atoms with van der Waals surface area (Å²) >= 11 is 5.90. The first-order valence-corrected chi connectivity index (χ1v) is 6.11. The quantitative estimate of drug-likeness (QED) is 0.718. The van der Waals surface area contributed by atoms with Gasteiger partial charge in [0.25, 0.3) is 0 Å². The standard InChI is InChI=1S/C14H12ClN3/c1-8-7-12-13(9(2)16-8)14(18-17-12)10-3-5-11(15)6-4-10/h3-7H,1-2H3,(H,17,18). The van der Waals surface area contributed by atoms with Crippen LogP contribution in [0.1, 0.15) is 11.4 Å². The van der Waals surface area contributed by atoms with Crippen LogP contribution in [0.25, 0.3) is 22.2 Å². The van der Waals surface area contributed by atoms with Gasteiger partial charge in [-0.15, -0.1) is 0 Å². The third kappa shape index (κ3) is 1.77. The third-order valence-corrected chi connectivity index (χ3v) is 3.22. The van der Waals surface area contributed by atoms with E-state index in [4.69, 9.17) is 11.6 Å². The summed E-state index contributed by atoms with van der Waals surface area (Å²) in [5.41, 5.74) is 4.96. The smallest absolute Gasteiger partial charge is 0.102 e. The number of pyridine rings is 1. The second-order valence-electron chi connectivity index (χ2n) is 4.35. The Hall–Kier alpha value is -1.87. The summed E-state index contributed by atoms with van der Waals surface area (Å²) in [6.45, 7) is 3.99. The average molecular weight is 258 g/mol. The molecular formula is C14H12ClN3. The number of halogens is 1. The maximum Gasteiger partial charge on any atom is 0.102 e. The van der Waals surface area contributed by atoms with Crippen molar-refractivity contribution < 1.29 is 0 Å². The van der Waals surface area contributed by atoms with E-state index in [0.29, 0.717) is 0 Å². The number of H-pyrrole nitrogens is 1. The molecule has 0 bridgehead atoms. The van der Waals surface area contributed by atoms with Crippen LogP contribution in [0, 0.1) is 13.8 Å². The van der Waals surface area contributed by atoms with Gasteiger partial charge in [0.1, 0.15) is 5.69 Å². The minimum atomic E-state index is 0.726. The summed E-state index contributed by atoms with van der Waals surface area (Å²) in [5.74, 6) is 0. The van der Waals surface area contributed by atoms with E-state index in [2.05, 4.69) is 15.2 Å². The molecule has 3 nitrogen and oxygen atoms in total. The van der Waals surface area contributed by atoms with Gasteiger partial charge in [-0.1, -0.05) is 23.7 Å². The highest BCUT2D eigenvalue weighted by Crippen LogP contribution is 2.29. The summed E-state index contributed by atoms with van der Waals surface area (Å²) in [6.07, 6.45) is 0. The van der Waals surface area contributed by atoms with Crippen LogP contribution in [-0.2, 0) is 0 Å². The van der Waals surface area contributed by atoms with Gasteiger partial charge < -0.3 is 0 Å². The van der Waals surface area contributed by atoms with Crippen LogP contribution < -0.4 is 0 Å². The Morgan fingerprint density at radius 2 is 1.83 bits per heavy atom. The van der Waals surface area contributed by atoms with Crippen LogP contribution in [0.3, 0.4) is 0 Å². The Bertz CT molecular complexity index is 714. The number of benzene rings is 1. The van der Waals surface area contributed by atoms with Crippen molar-refractivity contribution >= 4 is 22.5 Å². The van der Waals surface area contributed by atoms with Crippen molar-refractivity contribution in [2.75, 3.05) is 0 Å². The van der Waals surface area contributed by atoms with E-state index in [9.17, 15) is 0 Å². The molecule has 0 saturated heterocycles. The normalized spacial score (nSPS) is 11.1. The van der Waals surface area contributed by atoms with Crippen LogP contribution >= 0.6 is 11.6 Å². The molecule has 0 saturated carbocycles. The maximum absolute atomic E-state index is 5.90. The van der Waals surface area contributed by atoms with Gasteiger partial charge >= 0.3 is 0 Å². The molecule has 0 unspecified atom stereocenters. The first kappa shape index (κ1) is 11.2. The van der Waals surface area contributed by atoms with Crippen molar-refractivity contribution in [2.45, 2.75) is 13.8 Å². The molecular weight excluding hydrogens is 246 g/mol. The highest BCUT2D eigenvalue weighted by atomic mass is 35.5. The number of nitrogens with one attached hydrogen (secondary N) is 1. The van der Waals surface area contributed by atoms with E-state index in [-0.39, 0.29) is 0 Å². The fraction of sp³-hybridized carbons (Fsp3) is 0.143. The molecule has 4 heteroatoms. The van der Waals surface area contributed by atoms with E-state index in [1.165, 1.54) is 0 Å². The number of hydrogen-bond donors (Lipinski definition) is 1. The molecule has 3 aromatic rings. The number of fused-ring (bicyclic) bond motifs is 1. The van der Waals surface area contributed by atoms with Gasteiger partial charge in [-0.2, -0.15) is 5.10 Å². The Morgan fingerprint density at radius 1 is 1.11 bits per heavy atom. The lowest BCUT2D eigenvalue weighted by molar-refractivity contribution is 1.12. The van der Waals surface area contributed by atoms with E-state index < -0.39 is 0 Å². The molecule has 0 radical (unpaired) electrons. The molecule has 90 valence electrons. The molecule has 1 aromatic carbocycles. The number of aromatic nitrogens is 3. The summed E-state index contributed by atoms with van der Waals surface area (Å²) in [5, 5.41) is 9.25. The number of hydrogen-bond acceptors (Lipinski definition) is 2. The van der Waals surface area contributed by atoms with Crippen LogP contribution in [0.15, 0.2) is 30.3 Å². The number of aromatic amines is 1. The van der Waals surface area contributed by atoms with E-state index in [0.717, 1.165) is 38.6 Å². The van der Waals surface area contributed by atoms with Gasteiger partial charge in [-0.25, -0.2) is 0 Å². The summed E-state index contributed by atoms with van der Waals surface area (Å²) in [4.78, 5) is 4.49. The van der Waals surface area contributed by atoms with E-state index >= 15 is 0 Å². The lowest BCUT2D eigenvalue weighted by Gasteiger charge is -2.01. The molecule has 0 amide bonds. The third-order valence-electron chi connectivity index (χ3n) is 2.97. The second-order valence-corrected chi connectivity index (χ2v) is 4.79. The van der Waals surface area contributed by atoms with Crippen LogP contribution in [0.2, 0.25) is 5.02 Å². The molecule has 0 aliphatic carbocycles. The predicted molar refractivity (Wildman–Crippen MR) is 73.8 cm³/mol. The van der Waals surface area contributed by atoms with Crippen molar-refractivity contribution in [2.24, 2.45) is 0 Å². The minimum absolute atomic E-state index is 0.726. The van der Waals surface area contributed by atoms with Crippen molar-refractivity contribution in [3.05, 3.63) is 46.7 Å². The van der Waals surface area contributed by atoms with Gasteiger partial charge in [0.2, 0.25) is 0 Å². The Balaban J connectivity index is 2.27. The van der Waals surface area contributed by atoms with Crippen LogP contribution in [-0.4, -0.2) is 15.2 Å². The van der Waals surface area contributed by atoms with Crippen molar-refractivity contribution in [3.8, 4) is 11.3 Å². The monoisotopic (exact) mass is 257 g/mol. The average Bonchev–Trinajstić information content (AvgIpc) is 2.74.